The van der Waals surface area contributed by atoms with Gasteiger partial charge in [0.1, 0.15) is 40.2 Å². The molecule has 0 aliphatic heterocycles. The lowest BCUT2D eigenvalue weighted by molar-refractivity contribution is 0.451. The van der Waals surface area contributed by atoms with Crippen LogP contribution in [0.15, 0.2) is 289 Å². The van der Waals surface area contributed by atoms with E-state index in [1.807, 2.05) is 0 Å². The van der Waals surface area contributed by atoms with Crippen molar-refractivity contribution in [3.05, 3.63) is 411 Å². The van der Waals surface area contributed by atoms with E-state index < -0.39 is 63.4 Å². The summed E-state index contributed by atoms with van der Waals surface area (Å²) >= 11 is 0. The smallest absolute Gasteiger partial charge is 0.261 e. The highest BCUT2D eigenvalue weighted by molar-refractivity contribution is 8.15. The van der Waals surface area contributed by atoms with Crippen LogP contribution < -0.4 is 0 Å². The highest BCUT2D eigenvalue weighted by atomic mass is 35.7. The number of phenols is 7. The van der Waals surface area contributed by atoms with Crippen LogP contribution in [0.1, 0.15) is 156 Å². The van der Waals surface area contributed by atoms with Gasteiger partial charge in [-0.3, -0.25) is 0 Å². The summed E-state index contributed by atoms with van der Waals surface area (Å²) in [4.78, 5) is -1.31. The first kappa shape index (κ1) is 96.9. The third-order valence-corrected chi connectivity index (χ3v) is 32.8. The number of halogens is 7. The monoisotopic (exact) mass is 2060 g/mol. The Labute approximate surface area is 800 Å². The Morgan fingerprint density at radius 1 is 0.150 bits per heavy atom. The van der Waals surface area contributed by atoms with Crippen molar-refractivity contribution in [3.8, 4) is 40.2 Å². The summed E-state index contributed by atoms with van der Waals surface area (Å²) in [6.07, 6.45) is -1.32. The molecule has 686 valence electrons. The molecule has 0 unspecified atom stereocenters. The third kappa shape index (κ3) is 23.8. The van der Waals surface area contributed by atoms with Crippen molar-refractivity contribution in [2.45, 2.75) is 124 Å². The predicted molar refractivity (Wildman–Crippen MR) is 512 cm³/mol. The van der Waals surface area contributed by atoms with E-state index in [1.54, 1.807) is 170 Å². The molecule has 1 aliphatic rings. The maximum Gasteiger partial charge on any atom is 0.261 e. The molecule has 0 spiro atoms. The lowest BCUT2D eigenvalue weighted by atomic mass is 9.86. The molecular weight excluding hydrogens is 1990 g/mol. The molecule has 14 aromatic rings. The molecule has 21 nitrogen and oxygen atoms in total. The number of rotatable bonds is 21. The Morgan fingerprint density at radius 3 is 0.308 bits per heavy atom. The Balaban J connectivity index is 0.990. The third-order valence-electron chi connectivity index (χ3n) is 23.3. The Morgan fingerprint density at radius 2 is 0.233 bits per heavy atom. The Kier molecular flexibility index (Phi) is 28.1. The van der Waals surface area contributed by atoms with E-state index in [0.29, 0.717) is 77.9 Å². The SMILES string of the molecule is O=S(=O)(Cl)c1ccc(Cc2cc3c(O)c(c2)Cc2cc(Cc4ccc(S(=O)(=O)Cl)cc4)cc(c2O)Cc2cc(Cc4ccc(S(=O)(=O)Cl)cc4)cc(c2O)Cc2cc(Cc4ccc(S(=O)(=O)Cl)cc4)cc(c2O)Cc2cc(Cc4ccc(S(=O)(=O)Cl)cc4)cc(c2O)Cc2cc(Cc4ccc(S(=O)(=O)Cl)cc4)cc(c2O)Cc2cc(Cc4ccc(S(=O)(=O)Cl)cc4)cc(c2O)C3)cc1. The number of phenolic OH excluding ortho intramolecular Hbond substituents is 7. The molecule has 0 atom stereocenters. The molecule has 0 amide bonds. The van der Waals surface area contributed by atoms with E-state index in [1.165, 1.54) is 84.9 Å². The second-order valence-corrected chi connectivity index (χ2v) is 50.8. The van der Waals surface area contributed by atoms with Crippen LogP contribution in [0.25, 0.3) is 0 Å². The molecule has 14 bridgehead atoms. The van der Waals surface area contributed by atoms with E-state index in [2.05, 4.69) is 0 Å². The highest BCUT2D eigenvalue weighted by Gasteiger charge is 2.28. The van der Waals surface area contributed by atoms with Crippen molar-refractivity contribution in [1.29, 1.82) is 0 Å². The Hall–Kier alpha value is -10.6. The minimum absolute atomic E-state index is 0.0716. The largest absolute Gasteiger partial charge is 0.507 e. The van der Waals surface area contributed by atoms with Gasteiger partial charge in [-0.25, -0.2) is 58.9 Å². The topological polar surface area (TPSA) is 381 Å². The molecule has 0 aromatic heterocycles. The molecule has 0 heterocycles. The number of benzene rings is 14. The van der Waals surface area contributed by atoms with Gasteiger partial charge in [-0.05, 0) is 286 Å². The number of aromatic hydroxyl groups is 7. The van der Waals surface area contributed by atoms with Gasteiger partial charge in [0.2, 0.25) is 0 Å². The lowest BCUT2D eigenvalue weighted by Crippen LogP contribution is -2.05. The van der Waals surface area contributed by atoms with Crippen molar-refractivity contribution in [2.24, 2.45) is 0 Å². The second kappa shape index (κ2) is 38.6. The fourth-order valence-electron chi connectivity index (χ4n) is 16.9. The number of hydrogen-bond acceptors (Lipinski definition) is 21. The van der Waals surface area contributed by atoms with Crippen molar-refractivity contribution in [2.75, 3.05) is 0 Å². The van der Waals surface area contributed by atoms with E-state index >= 15 is 0 Å². The fourth-order valence-corrected chi connectivity index (χ4v) is 22.3. The van der Waals surface area contributed by atoms with E-state index in [0.717, 1.165) is 0 Å². The van der Waals surface area contributed by atoms with Crippen LogP contribution in [-0.4, -0.2) is 94.7 Å². The summed E-state index contributed by atoms with van der Waals surface area (Å²) in [5.41, 5.74) is 10.5. The first-order valence-corrected chi connectivity index (χ1v) is 56.8. The Bertz CT molecular complexity index is 6390. The summed E-state index contributed by atoms with van der Waals surface area (Å²) in [7, 11) is 11.3. The second-order valence-electron chi connectivity index (χ2n) is 32.9. The average molecular weight is 2060 g/mol. The fraction of sp³-hybridized carbons (Fsp3) is 0.143. The summed E-state index contributed by atoms with van der Waals surface area (Å²) in [5.74, 6) is -2.25. The molecular formula is C98H77Cl7O21S7. The summed E-state index contributed by atoms with van der Waals surface area (Å²) in [5, 5.41) is 92.6. The van der Waals surface area contributed by atoms with Crippen molar-refractivity contribution >= 4 is 138 Å². The van der Waals surface area contributed by atoms with Crippen molar-refractivity contribution < 1.29 is 94.7 Å². The first-order chi connectivity index (χ1) is 62.5. The van der Waals surface area contributed by atoms with Gasteiger partial charge in [-0.15, -0.1) is 0 Å². The summed E-state index contributed by atoms with van der Waals surface area (Å²) in [6, 6.07) is 64.2. The minimum Gasteiger partial charge on any atom is -0.507 e. The molecule has 0 saturated heterocycles. The first-order valence-electron chi connectivity index (χ1n) is 40.6. The van der Waals surface area contributed by atoms with Crippen LogP contribution in [0, 0.1) is 0 Å². The molecule has 14 aromatic carbocycles. The zero-order valence-electron chi connectivity index (χ0n) is 69.5. The lowest BCUT2D eigenvalue weighted by Gasteiger charge is -2.20. The van der Waals surface area contributed by atoms with Gasteiger partial charge in [-0.2, -0.15) is 0 Å². The van der Waals surface area contributed by atoms with Crippen LogP contribution in [0.3, 0.4) is 0 Å². The highest BCUT2D eigenvalue weighted by Crippen LogP contribution is 2.44. The maximum atomic E-state index is 13.2. The van der Waals surface area contributed by atoms with Gasteiger partial charge in [0.15, 0.2) is 0 Å². The van der Waals surface area contributed by atoms with Gasteiger partial charge >= 0.3 is 0 Å². The molecule has 133 heavy (non-hydrogen) atoms. The maximum absolute atomic E-state index is 13.2. The van der Waals surface area contributed by atoms with E-state index in [9.17, 15) is 94.7 Å². The molecule has 0 saturated carbocycles. The van der Waals surface area contributed by atoms with Gasteiger partial charge in [0.25, 0.3) is 63.4 Å². The van der Waals surface area contributed by atoms with E-state index in [-0.39, 0.29) is 242 Å². The number of hydrogen-bond donors (Lipinski definition) is 7. The summed E-state index contributed by atoms with van der Waals surface area (Å²) in [6.45, 7) is 0. The van der Waals surface area contributed by atoms with Crippen LogP contribution in [0.5, 0.6) is 40.2 Å². The van der Waals surface area contributed by atoms with Gasteiger partial charge in [0.05, 0.1) is 34.3 Å². The molecule has 0 radical (unpaired) electrons. The molecule has 1 aliphatic carbocycles. The number of fused-ring (bicyclic) bond motifs is 14. The zero-order chi connectivity index (χ0) is 95.3. The van der Waals surface area contributed by atoms with Crippen molar-refractivity contribution in [3.63, 3.8) is 0 Å². The van der Waals surface area contributed by atoms with Crippen molar-refractivity contribution in [1.82, 2.24) is 0 Å². The molecule has 0 fully saturated rings. The van der Waals surface area contributed by atoms with Crippen LogP contribution >= 0.6 is 74.8 Å². The molecule has 7 N–H and O–H groups in total. The van der Waals surface area contributed by atoms with Gasteiger partial charge < -0.3 is 35.7 Å². The van der Waals surface area contributed by atoms with E-state index in [4.69, 9.17) is 74.8 Å². The van der Waals surface area contributed by atoms with Crippen LogP contribution in [0.2, 0.25) is 0 Å². The van der Waals surface area contributed by atoms with Gasteiger partial charge in [-0.1, -0.05) is 170 Å². The normalized spacial score (nSPS) is 13.1. The molecule has 15 rings (SSSR count). The average Bonchev–Trinajstić information content (AvgIpc) is 0.782. The minimum atomic E-state index is -4.19. The van der Waals surface area contributed by atoms with Crippen LogP contribution in [-0.2, 0) is 153 Å². The standard InChI is InChI=1S/C98H77Cl7O21S7/c99-127(113,114)85-15-1-57(2-16-85)29-64-36-71-50-73-38-65(30-58-3-17-86(18-4-58)128(100,115)116)40-75(93(73)107)52-77-42-67(32-60-7-21-88(22-8-60)130(102,119)120)44-79(95(77)109)54-81-46-69(34-62-11-25-90(26-12-62)132(104,123)124)48-83(97(81)111)56-84-49-70(35-63-13-27-91(28-14-63)133(105,125)126)47-82(98(84)112)55-80-45-68(33-61-9-23-89(24-10-61)131(103,121)122)43-78(96(80)110)53-76-41-66(31-59-5-19-87(20-6-59)129(101,117)118)39-74(94(76)108)51-72(37-64)92(71)106/h1-28,36-49,106-112H,29-35,50-56H2. The van der Waals surface area contributed by atoms with Crippen LogP contribution in [0.4, 0.5) is 0 Å². The quantitative estimate of drug-likeness (QED) is 0.0329. The summed E-state index contributed by atoms with van der Waals surface area (Å²) < 4.78 is 176. The predicted octanol–water partition coefficient (Wildman–Crippen LogP) is 19.7. The zero-order valence-corrected chi connectivity index (χ0v) is 80.5. The van der Waals surface area contributed by atoms with Gasteiger partial charge in [0, 0.05) is 120 Å². The molecule has 35 heteroatoms.